The van der Waals surface area contributed by atoms with Crippen LogP contribution in [0.3, 0.4) is 0 Å². The van der Waals surface area contributed by atoms with Crippen molar-refractivity contribution in [2.45, 2.75) is 33.0 Å². The minimum absolute atomic E-state index is 0.223. The number of rotatable bonds is 7. The van der Waals surface area contributed by atoms with Crippen LogP contribution in [0.2, 0.25) is 0 Å². The van der Waals surface area contributed by atoms with Gasteiger partial charge in [-0.1, -0.05) is 13.8 Å². The molecule has 1 atom stereocenters. The third kappa shape index (κ3) is 5.74. The molecular weight excluding hydrogens is 425 g/mol. The van der Waals surface area contributed by atoms with Crippen molar-refractivity contribution in [1.29, 1.82) is 0 Å². The molecule has 0 bridgehead atoms. The Kier molecular flexibility index (Phi) is 6.66. The molecule has 0 aromatic carbocycles. The predicted octanol–water partition coefficient (Wildman–Crippen LogP) is 3.70. The SMILES string of the molecule is CC(=O)Nc1cnc2[nH]cc(-c3cncc(NC(C(=O)NCC(F)(F)F)C(C)C)c3)c2c1. The Morgan fingerprint density at radius 1 is 1.12 bits per heavy atom. The molecule has 3 rings (SSSR count). The van der Waals surface area contributed by atoms with E-state index in [0.29, 0.717) is 22.6 Å². The number of alkyl halides is 3. The summed E-state index contributed by atoms with van der Waals surface area (Å²) in [5.41, 5.74) is 3.08. The van der Waals surface area contributed by atoms with Gasteiger partial charge in [0.15, 0.2) is 0 Å². The molecule has 170 valence electrons. The lowest BCUT2D eigenvalue weighted by atomic mass is 10.0. The van der Waals surface area contributed by atoms with Gasteiger partial charge in [0.1, 0.15) is 18.2 Å². The summed E-state index contributed by atoms with van der Waals surface area (Å²) in [6.07, 6.45) is 1.90. The highest BCUT2D eigenvalue weighted by molar-refractivity contribution is 5.98. The van der Waals surface area contributed by atoms with Gasteiger partial charge in [0.2, 0.25) is 11.8 Å². The third-order valence-electron chi connectivity index (χ3n) is 4.64. The molecule has 0 aliphatic heterocycles. The lowest BCUT2D eigenvalue weighted by Crippen LogP contribution is -2.46. The Hall–Kier alpha value is -3.63. The van der Waals surface area contributed by atoms with Crippen molar-refractivity contribution in [3.05, 3.63) is 36.9 Å². The average molecular weight is 448 g/mol. The van der Waals surface area contributed by atoms with Gasteiger partial charge >= 0.3 is 6.18 Å². The number of nitrogens with zero attached hydrogens (tertiary/aromatic N) is 2. The number of hydrogen-bond donors (Lipinski definition) is 4. The molecule has 32 heavy (non-hydrogen) atoms. The summed E-state index contributed by atoms with van der Waals surface area (Å²) in [6, 6.07) is 2.63. The van der Waals surface area contributed by atoms with Crippen molar-refractivity contribution in [2.24, 2.45) is 5.92 Å². The number of carbonyl (C=O) groups excluding carboxylic acids is 2. The van der Waals surface area contributed by atoms with Crippen molar-refractivity contribution < 1.29 is 22.8 Å². The van der Waals surface area contributed by atoms with E-state index in [9.17, 15) is 22.8 Å². The van der Waals surface area contributed by atoms with E-state index in [1.165, 1.54) is 19.3 Å². The monoisotopic (exact) mass is 448 g/mol. The summed E-state index contributed by atoms with van der Waals surface area (Å²) in [7, 11) is 0. The summed E-state index contributed by atoms with van der Waals surface area (Å²) >= 11 is 0. The fourth-order valence-corrected chi connectivity index (χ4v) is 3.19. The fraction of sp³-hybridized carbons (Fsp3) is 0.333. The zero-order valence-corrected chi connectivity index (χ0v) is 17.7. The van der Waals surface area contributed by atoms with Crippen LogP contribution in [0.1, 0.15) is 20.8 Å². The van der Waals surface area contributed by atoms with Crippen molar-refractivity contribution in [3.63, 3.8) is 0 Å². The van der Waals surface area contributed by atoms with Gasteiger partial charge in [-0.3, -0.25) is 14.6 Å². The van der Waals surface area contributed by atoms with E-state index in [4.69, 9.17) is 0 Å². The molecule has 0 aliphatic carbocycles. The molecule has 0 saturated carbocycles. The summed E-state index contributed by atoms with van der Waals surface area (Å²) < 4.78 is 37.4. The molecule has 0 fully saturated rings. The minimum Gasteiger partial charge on any atom is -0.372 e. The Bertz CT molecular complexity index is 1130. The van der Waals surface area contributed by atoms with Gasteiger partial charge in [0.25, 0.3) is 0 Å². The maximum Gasteiger partial charge on any atom is 0.405 e. The topological polar surface area (TPSA) is 112 Å². The normalized spacial score (nSPS) is 12.6. The maximum absolute atomic E-state index is 12.5. The van der Waals surface area contributed by atoms with Gasteiger partial charge in [0, 0.05) is 42.0 Å². The predicted molar refractivity (Wildman–Crippen MR) is 115 cm³/mol. The molecule has 0 aliphatic rings. The number of hydrogen-bond acceptors (Lipinski definition) is 5. The minimum atomic E-state index is -4.49. The number of anilines is 2. The average Bonchev–Trinajstić information content (AvgIpc) is 3.12. The summed E-state index contributed by atoms with van der Waals surface area (Å²) in [6.45, 7) is 3.47. The van der Waals surface area contributed by atoms with E-state index in [2.05, 4.69) is 25.6 Å². The summed E-state index contributed by atoms with van der Waals surface area (Å²) in [5, 5.41) is 8.33. The smallest absolute Gasteiger partial charge is 0.372 e. The number of halogens is 3. The Morgan fingerprint density at radius 2 is 1.88 bits per heavy atom. The quantitative estimate of drug-likeness (QED) is 0.440. The Labute approximate surface area is 182 Å². The van der Waals surface area contributed by atoms with Crippen LogP contribution in [0, 0.1) is 5.92 Å². The molecule has 1 unspecified atom stereocenters. The number of carbonyl (C=O) groups is 2. The molecule has 3 aromatic rings. The van der Waals surface area contributed by atoms with Gasteiger partial charge in [-0.15, -0.1) is 0 Å². The lowest BCUT2D eigenvalue weighted by molar-refractivity contribution is -0.139. The second-order valence-corrected chi connectivity index (χ2v) is 7.66. The largest absolute Gasteiger partial charge is 0.405 e. The van der Waals surface area contributed by atoms with Crippen LogP contribution in [-0.4, -0.2) is 45.5 Å². The molecular formula is C21H23F3N6O2. The zero-order chi connectivity index (χ0) is 23.5. The zero-order valence-electron chi connectivity index (χ0n) is 17.7. The molecule has 11 heteroatoms. The number of amides is 2. The first-order valence-corrected chi connectivity index (χ1v) is 9.84. The van der Waals surface area contributed by atoms with Crippen LogP contribution < -0.4 is 16.0 Å². The van der Waals surface area contributed by atoms with Crippen LogP contribution >= 0.6 is 0 Å². The van der Waals surface area contributed by atoms with E-state index < -0.39 is 24.7 Å². The maximum atomic E-state index is 12.5. The first-order valence-electron chi connectivity index (χ1n) is 9.84. The second kappa shape index (κ2) is 9.25. The molecule has 2 amide bonds. The van der Waals surface area contributed by atoms with Crippen LogP contribution in [0.4, 0.5) is 24.5 Å². The molecule has 0 spiro atoms. The van der Waals surface area contributed by atoms with E-state index in [1.54, 1.807) is 38.4 Å². The number of fused-ring (bicyclic) bond motifs is 1. The molecule has 3 heterocycles. The highest BCUT2D eigenvalue weighted by Crippen LogP contribution is 2.30. The Balaban J connectivity index is 1.86. The fourth-order valence-electron chi connectivity index (χ4n) is 3.19. The lowest BCUT2D eigenvalue weighted by Gasteiger charge is -2.23. The summed E-state index contributed by atoms with van der Waals surface area (Å²) in [4.78, 5) is 35.2. The van der Waals surface area contributed by atoms with Crippen molar-refractivity contribution in [2.75, 3.05) is 17.2 Å². The van der Waals surface area contributed by atoms with Crippen LogP contribution in [0.25, 0.3) is 22.2 Å². The standard InChI is InChI=1S/C21H23F3N6O2/c1-11(2)18(20(32)28-10-21(22,23)24)30-14-4-13(6-25-7-14)17-9-27-19-16(17)5-15(8-26-19)29-12(3)31/h4-9,11,18,30H,10H2,1-3H3,(H,26,27)(H,28,32)(H,29,31). The van der Waals surface area contributed by atoms with E-state index in [-0.39, 0.29) is 11.8 Å². The Morgan fingerprint density at radius 3 is 2.53 bits per heavy atom. The van der Waals surface area contributed by atoms with E-state index in [0.717, 1.165) is 10.9 Å². The van der Waals surface area contributed by atoms with E-state index in [1.807, 2.05) is 5.32 Å². The van der Waals surface area contributed by atoms with Gasteiger partial charge < -0.3 is 20.9 Å². The first kappa shape index (κ1) is 23.0. The highest BCUT2D eigenvalue weighted by Gasteiger charge is 2.30. The number of aromatic nitrogens is 3. The first-order chi connectivity index (χ1) is 15.0. The third-order valence-corrected chi connectivity index (χ3v) is 4.64. The van der Waals surface area contributed by atoms with Crippen molar-refractivity contribution >= 4 is 34.2 Å². The van der Waals surface area contributed by atoms with Crippen LogP contribution in [-0.2, 0) is 9.59 Å². The van der Waals surface area contributed by atoms with Crippen LogP contribution in [0.5, 0.6) is 0 Å². The van der Waals surface area contributed by atoms with Gasteiger partial charge in [-0.2, -0.15) is 13.2 Å². The number of aromatic amines is 1. The van der Waals surface area contributed by atoms with Crippen LogP contribution in [0.15, 0.2) is 36.9 Å². The molecule has 0 saturated heterocycles. The summed E-state index contributed by atoms with van der Waals surface area (Å²) in [5.74, 6) is -1.25. The van der Waals surface area contributed by atoms with Gasteiger partial charge in [0.05, 0.1) is 17.6 Å². The number of pyridine rings is 2. The van der Waals surface area contributed by atoms with Gasteiger partial charge in [-0.05, 0) is 18.1 Å². The molecule has 8 nitrogen and oxygen atoms in total. The van der Waals surface area contributed by atoms with E-state index >= 15 is 0 Å². The van der Waals surface area contributed by atoms with Gasteiger partial charge in [-0.25, -0.2) is 4.98 Å². The molecule has 3 aromatic heterocycles. The number of H-pyrrole nitrogens is 1. The molecule has 4 N–H and O–H groups in total. The second-order valence-electron chi connectivity index (χ2n) is 7.66. The molecule has 0 radical (unpaired) electrons. The number of nitrogens with one attached hydrogen (secondary N) is 4. The van der Waals surface area contributed by atoms with Crippen molar-refractivity contribution in [3.8, 4) is 11.1 Å². The van der Waals surface area contributed by atoms with Crippen molar-refractivity contribution in [1.82, 2.24) is 20.3 Å². The highest BCUT2D eigenvalue weighted by atomic mass is 19.4.